The van der Waals surface area contributed by atoms with Crippen LogP contribution in [0.25, 0.3) is 10.8 Å². The lowest BCUT2D eigenvalue weighted by Gasteiger charge is -2.14. The predicted octanol–water partition coefficient (Wildman–Crippen LogP) is 2.78. The van der Waals surface area contributed by atoms with Crippen molar-refractivity contribution in [3.63, 3.8) is 0 Å². The van der Waals surface area contributed by atoms with E-state index in [0.29, 0.717) is 31.4 Å². The number of methoxy groups -OCH3 is 1. The monoisotopic (exact) mass is 349 g/mol. The number of aromatic nitrogens is 2. The van der Waals surface area contributed by atoms with Gasteiger partial charge in [-0.05, 0) is 40.6 Å². The van der Waals surface area contributed by atoms with Gasteiger partial charge in [-0.25, -0.2) is 9.78 Å². The summed E-state index contributed by atoms with van der Waals surface area (Å²) in [7, 11) is 1.67. The van der Waals surface area contributed by atoms with Gasteiger partial charge in [0.2, 0.25) is 5.95 Å². The van der Waals surface area contributed by atoms with Gasteiger partial charge in [-0.2, -0.15) is 4.98 Å². The minimum absolute atomic E-state index is 0.125. The number of urea groups is 1. The van der Waals surface area contributed by atoms with E-state index >= 15 is 0 Å². The topological polar surface area (TPSA) is 79.4 Å². The van der Waals surface area contributed by atoms with Crippen LogP contribution < -0.4 is 20.3 Å². The zero-order valence-corrected chi connectivity index (χ0v) is 14.4. The lowest BCUT2D eigenvalue weighted by molar-refractivity contribution is 0.252. The Kier molecular flexibility index (Phi) is 4.27. The molecule has 1 aromatic heterocycles. The van der Waals surface area contributed by atoms with Gasteiger partial charge in [0.25, 0.3) is 0 Å². The quantitative estimate of drug-likeness (QED) is 0.740. The number of carbonyl (C=O) groups excluding carboxylic acids is 1. The van der Waals surface area contributed by atoms with Crippen LogP contribution in [0, 0.1) is 0 Å². The zero-order chi connectivity index (χ0) is 17.9. The predicted molar refractivity (Wildman–Crippen MR) is 101 cm³/mol. The standard InChI is InChI=1S/C19H19N5O2/c1-26-16-5-4-14-10-13(2-3-15(14)11-16)12-22-18-20-7-6-17(23-18)24-9-8-21-19(24)25/h2-7,10-11H,8-9,12H2,1H3,(H,21,25)(H,20,22,23). The van der Waals surface area contributed by atoms with Crippen LogP contribution in [0.1, 0.15) is 5.56 Å². The second kappa shape index (κ2) is 6.87. The van der Waals surface area contributed by atoms with Crippen molar-refractivity contribution in [2.45, 2.75) is 6.54 Å². The van der Waals surface area contributed by atoms with E-state index in [1.54, 1.807) is 24.3 Å². The maximum absolute atomic E-state index is 11.8. The van der Waals surface area contributed by atoms with Crippen LogP contribution >= 0.6 is 0 Å². The van der Waals surface area contributed by atoms with Gasteiger partial charge in [0.15, 0.2) is 0 Å². The molecular formula is C19H19N5O2. The molecule has 0 unspecified atom stereocenters. The van der Waals surface area contributed by atoms with Crippen molar-refractivity contribution in [1.29, 1.82) is 0 Å². The molecule has 0 radical (unpaired) electrons. The smallest absolute Gasteiger partial charge is 0.323 e. The molecule has 0 atom stereocenters. The van der Waals surface area contributed by atoms with Crippen molar-refractivity contribution in [1.82, 2.24) is 15.3 Å². The number of amides is 2. The molecule has 2 heterocycles. The van der Waals surface area contributed by atoms with Crippen LogP contribution in [-0.4, -0.2) is 36.2 Å². The first-order valence-corrected chi connectivity index (χ1v) is 8.42. The van der Waals surface area contributed by atoms with E-state index in [2.05, 4.69) is 38.8 Å². The molecule has 0 bridgehead atoms. The van der Waals surface area contributed by atoms with Gasteiger partial charge >= 0.3 is 6.03 Å². The first-order valence-electron chi connectivity index (χ1n) is 8.42. The fourth-order valence-corrected chi connectivity index (χ4v) is 2.97. The van der Waals surface area contributed by atoms with Gasteiger partial charge in [0.1, 0.15) is 11.6 Å². The van der Waals surface area contributed by atoms with Crippen LogP contribution in [0.3, 0.4) is 0 Å². The molecule has 0 saturated carbocycles. The number of hydrogen-bond acceptors (Lipinski definition) is 5. The number of carbonyl (C=O) groups is 1. The van der Waals surface area contributed by atoms with Gasteiger partial charge in [-0.3, -0.25) is 4.90 Å². The molecule has 7 nitrogen and oxygen atoms in total. The summed E-state index contributed by atoms with van der Waals surface area (Å²) in [5.41, 5.74) is 1.12. The highest BCUT2D eigenvalue weighted by Gasteiger charge is 2.22. The number of anilines is 2. The Morgan fingerprint density at radius 2 is 2.04 bits per heavy atom. The van der Waals surface area contributed by atoms with Crippen molar-refractivity contribution < 1.29 is 9.53 Å². The van der Waals surface area contributed by atoms with Crippen molar-refractivity contribution in [2.75, 3.05) is 30.4 Å². The van der Waals surface area contributed by atoms with E-state index in [-0.39, 0.29) is 6.03 Å². The molecule has 3 aromatic rings. The van der Waals surface area contributed by atoms with Gasteiger partial charge < -0.3 is 15.4 Å². The largest absolute Gasteiger partial charge is 0.497 e. The van der Waals surface area contributed by atoms with E-state index in [0.717, 1.165) is 22.1 Å². The maximum atomic E-state index is 11.8. The molecule has 4 rings (SSSR count). The number of ether oxygens (including phenoxy) is 1. The number of benzene rings is 2. The molecule has 2 N–H and O–H groups in total. The minimum Gasteiger partial charge on any atom is -0.497 e. The number of nitrogens with zero attached hydrogens (tertiary/aromatic N) is 3. The third-order valence-corrected chi connectivity index (χ3v) is 4.34. The molecule has 1 fully saturated rings. The van der Waals surface area contributed by atoms with E-state index in [4.69, 9.17) is 4.74 Å². The molecule has 1 saturated heterocycles. The summed E-state index contributed by atoms with van der Waals surface area (Å²) in [4.78, 5) is 22.0. The maximum Gasteiger partial charge on any atom is 0.323 e. The lowest BCUT2D eigenvalue weighted by Crippen LogP contribution is -2.28. The second-order valence-electron chi connectivity index (χ2n) is 6.02. The van der Waals surface area contributed by atoms with Gasteiger partial charge in [0, 0.05) is 25.8 Å². The highest BCUT2D eigenvalue weighted by atomic mass is 16.5. The Morgan fingerprint density at radius 3 is 2.85 bits per heavy atom. The Balaban J connectivity index is 1.48. The lowest BCUT2D eigenvalue weighted by atomic mass is 10.1. The fraction of sp³-hybridized carbons (Fsp3) is 0.211. The molecule has 2 amide bonds. The summed E-state index contributed by atoms with van der Waals surface area (Å²) >= 11 is 0. The molecule has 0 aliphatic carbocycles. The summed E-state index contributed by atoms with van der Waals surface area (Å²) < 4.78 is 5.26. The number of fused-ring (bicyclic) bond motifs is 1. The SMILES string of the molecule is COc1ccc2cc(CNc3nccc(N4CCNC4=O)n3)ccc2c1. The summed E-state index contributed by atoms with van der Waals surface area (Å²) in [6, 6.07) is 13.9. The van der Waals surface area contributed by atoms with Crippen LogP contribution in [0.15, 0.2) is 48.7 Å². The number of hydrogen-bond donors (Lipinski definition) is 2. The van der Waals surface area contributed by atoms with Crippen molar-refractivity contribution in [2.24, 2.45) is 0 Å². The second-order valence-corrected chi connectivity index (χ2v) is 6.02. The van der Waals surface area contributed by atoms with Gasteiger partial charge in [0.05, 0.1) is 7.11 Å². The van der Waals surface area contributed by atoms with E-state index in [1.165, 1.54) is 0 Å². The Hall–Kier alpha value is -3.35. The van der Waals surface area contributed by atoms with E-state index in [1.807, 2.05) is 18.2 Å². The summed E-state index contributed by atoms with van der Waals surface area (Å²) in [5.74, 6) is 1.94. The molecule has 1 aliphatic rings. The molecular weight excluding hydrogens is 330 g/mol. The van der Waals surface area contributed by atoms with Gasteiger partial charge in [-0.1, -0.05) is 18.2 Å². The zero-order valence-electron chi connectivity index (χ0n) is 14.4. The van der Waals surface area contributed by atoms with Crippen molar-refractivity contribution >= 4 is 28.6 Å². The third kappa shape index (κ3) is 3.23. The first-order chi connectivity index (χ1) is 12.7. The van der Waals surface area contributed by atoms with Crippen LogP contribution in [0.2, 0.25) is 0 Å². The summed E-state index contributed by atoms with van der Waals surface area (Å²) in [5, 5.41) is 8.27. The molecule has 26 heavy (non-hydrogen) atoms. The van der Waals surface area contributed by atoms with Crippen LogP contribution in [-0.2, 0) is 6.54 Å². The van der Waals surface area contributed by atoms with E-state index < -0.39 is 0 Å². The van der Waals surface area contributed by atoms with Crippen molar-refractivity contribution in [3.8, 4) is 5.75 Å². The highest BCUT2D eigenvalue weighted by Crippen LogP contribution is 2.22. The molecule has 1 aliphatic heterocycles. The summed E-state index contributed by atoms with van der Waals surface area (Å²) in [6.45, 7) is 1.84. The summed E-state index contributed by atoms with van der Waals surface area (Å²) in [6.07, 6.45) is 1.66. The molecule has 7 heteroatoms. The van der Waals surface area contributed by atoms with Crippen LogP contribution in [0.4, 0.5) is 16.6 Å². The molecule has 0 spiro atoms. The van der Waals surface area contributed by atoms with Crippen molar-refractivity contribution in [3.05, 3.63) is 54.2 Å². The Morgan fingerprint density at radius 1 is 1.19 bits per heavy atom. The van der Waals surface area contributed by atoms with Gasteiger partial charge in [-0.15, -0.1) is 0 Å². The third-order valence-electron chi connectivity index (χ3n) is 4.34. The molecule has 132 valence electrons. The van der Waals surface area contributed by atoms with Crippen LogP contribution in [0.5, 0.6) is 5.75 Å². The first kappa shape index (κ1) is 16.1. The van der Waals surface area contributed by atoms with E-state index in [9.17, 15) is 4.79 Å². The fourth-order valence-electron chi connectivity index (χ4n) is 2.97. The number of nitrogens with one attached hydrogen (secondary N) is 2. The normalized spacial score (nSPS) is 13.7. The minimum atomic E-state index is -0.125. The average molecular weight is 349 g/mol. The average Bonchev–Trinajstić information content (AvgIpc) is 3.12. The number of rotatable bonds is 5. The highest BCUT2D eigenvalue weighted by molar-refractivity contribution is 5.93. The molecule has 2 aromatic carbocycles. The Labute approximate surface area is 151 Å². The Bertz CT molecular complexity index is 960.